The van der Waals surface area contributed by atoms with Crippen molar-refractivity contribution in [3.8, 4) is 0 Å². The van der Waals surface area contributed by atoms with E-state index in [4.69, 9.17) is 4.74 Å². The van der Waals surface area contributed by atoms with E-state index < -0.39 is 0 Å². The van der Waals surface area contributed by atoms with E-state index in [9.17, 15) is 4.79 Å². The maximum absolute atomic E-state index is 11.1. The highest BCUT2D eigenvalue weighted by Gasteiger charge is 2.23. The number of unbranched alkanes of at least 4 members (excludes halogenated alkanes) is 1. The predicted octanol–water partition coefficient (Wildman–Crippen LogP) is 1.38. The maximum atomic E-state index is 11.1. The lowest BCUT2D eigenvalue weighted by Crippen LogP contribution is -2.55. The summed E-state index contributed by atoms with van der Waals surface area (Å²) >= 11 is 0. The van der Waals surface area contributed by atoms with Crippen LogP contribution in [0.2, 0.25) is 0 Å². The Balaban J connectivity index is 1.98. The Morgan fingerprint density at radius 1 is 1.62 bits per heavy atom. The van der Waals surface area contributed by atoms with Gasteiger partial charge in [-0.05, 0) is 12.3 Å². The van der Waals surface area contributed by atoms with E-state index in [1.54, 1.807) is 0 Å². The quantitative estimate of drug-likeness (QED) is 0.674. The van der Waals surface area contributed by atoms with Gasteiger partial charge in [0.25, 0.3) is 0 Å². The maximum Gasteiger partial charge on any atom is 0.421 e. The average molecular weight is 186 g/mol. The molecule has 0 aromatic rings. The SMILES string of the molecule is CCCCOC(=O)NN1CC(C)C1. The Labute approximate surface area is 79.2 Å². The van der Waals surface area contributed by atoms with Crippen LogP contribution in [0.3, 0.4) is 0 Å². The molecule has 1 aliphatic rings. The van der Waals surface area contributed by atoms with E-state index in [1.165, 1.54) is 0 Å². The van der Waals surface area contributed by atoms with Gasteiger partial charge in [-0.1, -0.05) is 20.3 Å². The van der Waals surface area contributed by atoms with Gasteiger partial charge in [0.2, 0.25) is 0 Å². The second-order valence-corrected chi connectivity index (χ2v) is 3.61. The smallest absolute Gasteiger partial charge is 0.421 e. The van der Waals surface area contributed by atoms with Gasteiger partial charge in [-0.2, -0.15) is 0 Å². The number of amides is 1. The third kappa shape index (κ3) is 3.63. The third-order valence-corrected chi connectivity index (χ3v) is 2.04. The van der Waals surface area contributed by atoms with Crippen molar-refractivity contribution in [2.24, 2.45) is 5.92 Å². The van der Waals surface area contributed by atoms with Crippen molar-refractivity contribution in [2.45, 2.75) is 26.7 Å². The molecule has 76 valence electrons. The van der Waals surface area contributed by atoms with Crippen LogP contribution in [0.15, 0.2) is 0 Å². The molecule has 1 amide bonds. The fourth-order valence-electron chi connectivity index (χ4n) is 1.26. The Hall–Kier alpha value is -0.770. The fourth-order valence-corrected chi connectivity index (χ4v) is 1.26. The van der Waals surface area contributed by atoms with Crippen molar-refractivity contribution in [2.75, 3.05) is 19.7 Å². The topological polar surface area (TPSA) is 41.6 Å². The van der Waals surface area contributed by atoms with Crippen LogP contribution < -0.4 is 5.43 Å². The van der Waals surface area contributed by atoms with E-state index in [-0.39, 0.29) is 6.09 Å². The zero-order chi connectivity index (χ0) is 9.68. The first kappa shape index (κ1) is 10.3. The summed E-state index contributed by atoms with van der Waals surface area (Å²) in [4.78, 5) is 11.1. The van der Waals surface area contributed by atoms with E-state index in [0.717, 1.165) is 25.9 Å². The number of hydrazine groups is 1. The molecule has 1 fully saturated rings. The number of ether oxygens (including phenoxy) is 1. The minimum atomic E-state index is -0.319. The van der Waals surface area contributed by atoms with Crippen LogP contribution in [0.4, 0.5) is 4.79 Å². The molecular weight excluding hydrogens is 168 g/mol. The molecule has 13 heavy (non-hydrogen) atoms. The fraction of sp³-hybridized carbons (Fsp3) is 0.889. The average Bonchev–Trinajstić information content (AvgIpc) is 2.02. The van der Waals surface area contributed by atoms with Gasteiger partial charge < -0.3 is 4.74 Å². The largest absolute Gasteiger partial charge is 0.449 e. The lowest BCUT2D eigenvalue weighted by atomic mass is 10.1. The summed E-state index contributed by atoms with van der Waals surface area (Å²) in [5.74, 6) is 0.691. The molecular formula is C9H18N2O2. The number of nitrogens with zero attached hydrogens (tertiary/aromatic N) is 1. The van der Waals surface area contributed by atoms with Crippen molar-refractivity contribution in [3.05, 3.63) is 0 Å². The van der Waals surface area contributed by atoms with Crippen molar-refractivity contribution >= 4 is 6.09 Å². The lowest BCUT2D eigenvalue weighted by Gasteiger charge is -2.36. The first-order valence-electron chi connectivity index (χ1n) is 4.90. The summed E-state index contributed by atoms with van der Waals surface area (Å²) < 4.78 is 4.93. The Kier molecular flexibility index (Phi) is 4.02. The van der Waals surface area contributed by atoms with Gasteiger partial charge in [-0.3, -0.25) is 5.43 Å². The van der Waals surface area contributed by atoms with Crippen molar-refractivity contribution in [3.63, 3.8) is 0 Å². The molecule has 1 heterocycles. The number of carbonyl (C=O) groups excluding carboxylic acids is 1. The number of nitrogens with one attached hydrogen (secondary N) is 1. The standard InChI is InChI=1S/C9H18N2O2/c1-3-4-5-13-9(12)10-11-6-8(2)7-11/h8H,3-7H2,1-2H3,(H,10,12). The minimum Gasteiger partial charge on any atom is -0.449 e. The predicted molar refractivity (Wildman–Crippen MR) is 50.1 cm³/mol. The molecule has 0 radical (unpaired) electrons. The second-order valence-electron chi connectivity index (χ2n) is 3.61. The summed E-state index contributed by atoms with van der Waals surface area (Å²) in [5, 5.41) is 1.87. The Morgan fingerprint density at radius 3 is 2.85 bits per heavy atom. The molecule has 0 atom stereocenters. The molecule has 1 N–H and O–H groups in total. The first-order valence-corrected chi connectivity index (χ1v) is 4.90. The monoisotopic (exact) mass is 186 g/mol. The zero-order valence-electron chi connectivity index (χ0n) is 8.38. The molecule has 4 heteroatoms. The number of carbonyl (C=O) groups is 1. The third-order valence-electron chi connectivity index (χ3n) is 2.04. The van der Waals surface area contributed by atoms with Crippen LogP contribution in [0.1, 0.15) is 26.7 Å². The Bertz CT molecular complexity index is 167. The van der Waals surface area contributed by atoms with E-state index in [2.05, 4.69) is 19.3 Å². The number of hydrogen-bond donors (Lipinski definition) is 1. The molecule has 4 nitrogen and oxygen atoms in total. The van der Waals surface area contributed by atoms with Gasteiger partial charge in [-0.15, -0.1) is 0 Å². The summed E-state index contributed by atoms with van der Waals surface area (Å²) in [5.41, 5.74) is 2.68. The van der Waals surface area contributed by atoms with Gasteiger partial charge >= 0.3 is 6.09 Å². The molecule has 0 aromatic heterocycles. The van der Waals surface area contributed by atoms with E-state index in [1.807, 2.05) is 5.01 Å². The van der Waals surface area contributed by atoms with Gasteiger partial charge in [-0.25, -0.2) is 9.80 Å². The van der Waals surface area contributed by atoms with Crippen LogP contribution in [0.5, 0.6) is 0 Å². The van der Waals surface area contributed by atoms with Crippen molar-refractivity contribution in [1.29, 1.82) is 0 Å². The highest BCUT2D eigenvalue weighted by Crippen LogP contribution is 2.10. The normalized spacial score (nSPS) is 18.0. The second kappa shape index (κ2) is 5.07. The lowest BCUT2D eigenvalue weighted by molar-refractivity contribution is 0.0410. The molecule has 0 aliphatic carbocycles. The molecule has 1 saturated heterocycles. The zero-order valence-corrected chi connectivity index (χ0v) is 8.38. The summed E-state index contributed by atoms with van der Waals surface area (Å²) in [6.07, 6.45) is 1.66. The van der Waals surface area contributed by atoms with Crippen LogP contribution in [0, 0.1) is 5.92 Å². The molecule has 0 spiro atoms. The highest BCUT2D eigenvalue weighted by atomic mass is 16.6. The van der Waals surface area contributed by atoms with Crippen LogP contribution in [-0.4, -0.2) is 30.8 Å². The van der Waals surface area contributed by atoms with Gasteiger partial charge in [0.15, 0.2) is 0 Å². The molecule has 0 unspecified atom stereocenters. The Morgan fingerprint density at radius 2 is 2.31 bits per heavy atom. The van der Waals surface area contributed by atoms with Gasteiger partial charge in [0, 0.05) is 13.1 Å². The van der Waals surface area contributed by atoms with Gasteiger partial charge in [0.05, 0.1) is 6.61 Å². The molecule has 0 aromatic carbocycles. The molecule has 1 aliphatic heterocycles. The minimum absolute atomic E-state index is 0.319. The van der Waals surface area contributed by atoms with Crippen molar-refractivity contribution in [1.82, 2.24) is 10.4 Å². The number of hydrogen-bond acceptors (Lipinski definition) is 3. The van der Waals surface area contributed by atoms with E-state index >= 15 is 0 Å². The van der Waals surface area contributed by atoms with Crippen molar-refractivity contribution < 1.29 is 9.53 Å². The molecule has 0 bridgehead atoms. The van der Waals surface area contributed by atoms with Gasteiger partial charge in [0.1, 0.15) is 0 Å². The summed E-state index contributed by atoms with van der Waals surface area (Å²) in [6.45, 7) is 6.61. The first-order chi connectivity index (χ1) is 6.22. The summed E-state index contributed by atoms with van der Waals surface area (Å²) in [6, 6.07) is 0. The molecule has 1 rings (SSSR count). The van der Waals surface area contributed by atoms with Crippen LogP contribution in [-0.2, 0) is 4.74 Å². The van der Waals surface area contributed by atoms with E-state index in [0.29, 0.717) is 12.5 Å². The van der Waals surface area contributed by atoms with Crippen LogP contribution >= 0.6 is 0 Å². The summed E-state index contributed by atoms with van der Waals surface area (Å²) in [7, 11) is 0. The van der Waals surface area contributed by atoms with Crippen LogP contribution in [0.25, 0.3) is 0 Å². The highest BCUT2D eigenvalue weighted by molar-refractivity contribution is 5.66. The number of rotatable bonds is 4. The molecule has 0 saturated carbocycles.